The number of nitrogens with one attached hydrogen (secondary N) is 1. The molecule has 40 heavy (non-hydrogen) atoms. The van der Waals surface area contributed by atoms with Crippen LogP contribution in [0.2, 0.25) is 0 Å². The molecule has 0 atom stereocenters. The van der Waals surface area contributed by atoms with Crippen LogP contribution < -0.4 is 9.46 Å². The van der Waals surface area contributed by atoms with Crippen LogP contribution in [0.25, 0.3) is 11.3 Å². The standard InChI is InChI=1S/C28H27N7O4S/c1-17-8-9-20(12-29)10-23(17)27(36)35-14-21(15-35)39-25-11-24(26-18(2)6-5-7-19(26)3)31-28(32-25)33-40(37,38)22-13-30-34(4)16-22/h5-11,13,16,21H,14-15H2,1-4H3,(H,31,32,33). The predicted molar refractivity (Wildman–Crippen MR) is 147 cm³/mol. The molecular formula is C28H27N7O4S. The lowest BCUT2D eigenvalue weighted by atomic mass is 10.00. The van der Waals surface area contributed by atoms with Gasteiger partial charge in [-0.05, 0) is 49.6 Å². The Bertz CT molecular complexity index is 1750. The van der Waals surface area contributed by atoms with Crippen LogP contribution in [0, 0.1) is 32.1 Å². The SMILES string of the molecule is Cc1ccc(C#N)cc1C(=O)N1CC(Oc2cc(-c3c(C)cccc3C)nc(NS(=O)(=O)c3cnn(C)c3)n2)C1. The number of nitriles is 1. The topological polar surface area (TPSA) is 143 Å². The van der Waals surface area contributed by atoms with Crippen molar-refractivity contribution in [3.63, 3.8) is 0 Å². The highest BCUT2D eigenvalue weighted by Crippen LogP contribution is 2.30. The Kier molecular flexibility index (Phi) is 6.99. The highest BCUT2D eigenvalue weighted by molar-refractivity contribution is 7.92. The average molecular weight is 558 g/mol. The van der Waals surface area contributed by atoms with E-state index in [4.69, 9.17) is 4.74 Å². The molecule has 11 nitrogen and oxygen atoms in total. The van der Waals surface area contributed by atoms with Gasteiger partial charge in [-0.25, -0.2) is 18.1 Å². The van der Waals surface area contributed by atoms with E-state index in [2.05, 4.69) is 25.9 Å². The number of hydrogen-bond donors (Lipinski definition) is 1. The number of likely N-dealkylation sites (tertiary alicyclic amines) is 1. The van der Waals surface area contributed by atoms with Gasteiger partial charge in [-0.2, -0.15) is 15.3 Å². The number of ether oxygens (including phenoxy) is 1. The smallest absolute Gasteiger partial charge is 0.267 e. The van der Waals surface area contributed by atoms with Gasteiger partial charge in [0, 0.05) is 30.4 Å². The first-order valence-corrected chi connectivity index (χ1v) is 14.0. The number of sulfonamides is 1. The van der Waals surface area contributed by atoms with Crippen molar-refractivity contribution in [2.45, 2.75) is 31.8 Å². The van der Waals surface area contributed by atoms with Crippen LogP contribution in [0.1, 0.15) is 32.6 Å². The third kappa shape index (κ3) is 5.37. The summed E-state index contributed by atoms with van der Waals surface area (Å²) in [6.07, 6.45) is 2.26. The average Bonchev–Trinajstić information content (AvgIpc) is 3.33. The van der Waals surface area contributed by atoms with E-state index < -0.39 is 10.0 Å². The second-order valence-electron chi connectivity index (χ2n) is 9.73. The van der Waals surface area contributed by atoms with Crippen LogP contribution in [0.15, 0.2) is 59.8 Å². The van der Waals surface area contributed by atoms with E-state index in [0.717, 1.165) is 22.3 Å². The Morgan fingerprint density at radius 1 is 1.07 bits per heavy atom. The Morgan fingerprint density at radius 2 is 1.80 bits per heavy atom. The minimum absolute atomic E-state index is 0.0255. The van der Waals surface area contributed by atoms with Crippen molar-refractivity contribution in [2.24, 2.45) is 7.05 Å². The summed E-state index contributed by atoms with van der Waals surface area (Å²) in [5.41, 5.74) is 4.94. The van der Waals surface area contributed by atoms with Crippen molar-refractivity contribution in [3.05, 3.63) is 82.7 Å². The second kappa shape index (κ2) is 10.4. The van der Waals surface area contributed by atoms with Gasteiger partial charge >= 0.3 is 0 Å². The van der Waals surface area contributed by atoms with E-state index in [1.807, 2.05) is 39.0 Å². The quantitative estimate of drug-likeness (QED) is 0.364. The van der Waals surface area contributed by atoms with Crippen molar-refractivity contribution in [1.82, 2.24) is 24.6 Å². The zero-order valence-corrected chi connectivity index (χ0v) is 23.2. The largest absolute Gasteiger partial charge is 0.470 e. The highest BCUT2D eigenvalue weighted by atomic mass is 32.2. The van der Waals surface area contributed by atoms with Gasteiger partial charge in [0.15, 0.2) is 0 Å². The fraction of sp³-hybridized carbons (Fsp3) is 0.250. The lowest BCUT2D eigenvalue weighted by Gasteiger charge is -2.39. The van der Waals surface area contributed by atoms with Gasteiger partial charge in [-0.15, -0.1) is 0 Å². The van der Waals surface area contributed by atoms with E-state index in [-0.39, 0.29) is 28.7 Å². The molecule has 3 heterocycles. The van der Waals surface area contributed by atoms with E-state index in [1.165, 1.54) is 17.1 Å². The maximum Gasteiger partial charge on any atom is 0.267 e. The number of amides is 1. The highest BCUT2D eigenvalue weighted by Gasteiger charge is 2.34. The maximum atomic E-state index is 13.0. The molecule has 5 rings (SSSR count). The van der Waals surface area contributed by atoms with E-state index >= 15 is 0 Å². The van der Waals surface area contributed by atoms with Crippen LogP contribution in [-0.2, 0) is 17.1 Å². The molecule has 4 aromatic rings. The van der Waals surface area contributed by atoms with Gasteiger partial charge in [-0.1, -0.05) is 24.3 Å². The zero-order chi connectivity index (χ0) is 28.6. The summed E-state index contributed by atoms with van der Waals surface area (Å²) >= 11 is 0. The number of carbonyl (C=O) groups excluding carboxylic acids is 1. The summed E-state index contributed by atoms with van der Waals surface area (Å²) in [6, 6.07) is 14.6. The lowest BCUT2D eigenvalue weighted by molar-refractivity contribution is 0.0160. The van der Waals surface area contributed by atoms with Crippen molar-refractivity contribution in [1.29, 1.82) is 5.26 Å². The monoisotopic (exact) mass is 557 g/mol. The molecule has 2 aromatic heterocycles. The molecule has 2 aromatic carbocycles. The minimum atomic E-state index is -4.00. The number of aryl methyl sites for hydroxylation is 4. The first-order chi connectivity index (χ1) is 19.0. The molecule has 1 saturated heterocycles. The number of benzene rings is 2. The summed E-state index contributed by atoms with van der Waals surface area (Å²) in [6.45, 7) is 6.35. The van der Waals surface area contributed by atoms with Gasteiger partial charge in [0.1, 0.15) is 11.0 Å². The summed E-state index contributed by atoms with van der Waals surface area (Å²) in [5.74, 6) is -0.148. The first kappa shape index (κ1) is 26.8. The number of carbonyl (C=O) groups is 1. The zero-order valence-electron chi connectivity index (χ0n) is 22.4. The van der Waals surface area contributed by atoms with Crippen molar-refractivity contribution < 1.29 is 17.9 Å². The normalized spacial score (nSPS) is 13.4. The van der Waals surface area contributed by atoms with Crippen LogP contribution >= 0.6 is 0 Å². The number of hydrogen-bond acceptors (Lipinski definition) is 8. The second-order valence-corrected chi connectivity index (χ2v) is 11.4. The predicted octanol–water partition coefficient (Wildman–Crippen LogP) is 3.38. The molecule has 1 fully saturated rings. The minimum Gasteiger partial charge on any atom is -0.470 e. The molecule has 0 unspecified atom stereocenters. The molecule has 0 aliphatic carbocycles. The first-order valence-electron chi connectivity index (χ1n) is 12.5. The Morgan fingerprint density at radius 3 is 2.45 bits per heavy atom. The molecular weight excluding hydrogens is 530 g/mol. The molecule has 1 N–H and O–H groups in total. The van der Waals surface area contributed by atoms with Gasteiger partial charge in [0.2, 0.25) is 11.8 Å². The van der Waals surface area contributed by atoms with Crippen molar-refractivity contribution >= 4 is 21.9 Å². The van der Waals surface area contributed by atoms with E-state index in [1.54, 1.807) is 36.2 Å². The lowest BCUT2D eigenvalue weighted by Crippen LogP contribution is -2.56. The summed E-state index contributed by atoms with van der Waals surface area (Å²) in [4.78, 5) is 23.5. The van der Waals surface area contributed by atoms with Crippen LogP contribution in [0.3, 0.4) is 0 Å². The maximum absolute atomic E-state index is 13.0. The number of rotatable bonds is 7. The molecule has 1 aliphatic heterocycles. The van der Waals surface area contributed by atoms with E-state index in [9.17, 15) is 18.5 Å². The number of anilines is 1. The van der Waals surface area contributed by atoms with Crippen molar-refractivity contribution in [2.75, 3.05) is 17.8 Å². The van der Waals surface area contributed by atoms with Crippen LogP contribution in [0.4, 0.5) is 5.95 Å². The molecule has 0 spiro atoms. The molecule has 12 heteroatoms. The third-order valence-corrected chi connectivity index (χ3v) is 7.96. The Labute approximate surface area is 232 Å². The van der Waals surface area contributed by atoms with Gasteiger partial charge in [-0.3, -0.25) is 9.48 Å². The summed E-state index contributed by atoms with van der Waals surface area (Å²) in [5, 5.41) is 13.1. The Hall–Kier alpha value is -4.76. The summed E-state index contributed by atoms with van der Waals surface area (Å²) < 4.78 is 35.9. The number of aromatic nitrogens is 4. The molecule has 204 valence electrons. The molecule has 1 aliphatic rings. The van der Waals surface area contributed by atoms with Gasteiger partial charge < -0.3 is 9.64 Å². The molecule has 0 radical (unpaired) electrons. The molecule has 0 saturated carbocycles. The Balaban J connectivity index is 1.40. The number of nitrogens with zero attached hydrogens (tertiary/aromatic N) is 6. The van der Waals surface area contributed by atoms with Crippen LogP contribution in [-0.4, -0.2) is 58.2 Å². The van der Waals surface area contributed by atoms with E-state index in [0.29, 0.717) is 29.9 Å². The van der Waals surface area contributed by atoms with Gasteiger partial charge in [0.05, 0.1) is 36.6 Å². The van der Waals surface area contributed by atoms with Crippen molar-refractivity contribution in [3.8, 4) is 23.2 Å². The van der Waals surface area contributed by atoms with Crippen LogP contribution in [0.5, 0.6) is 5.88 Å². The fourth-order valence-corrected chi connectivity index (χ4v) is 5.46. The molecule has 0 bridgehead atoms. The fourth-order valence-electron chi connectivity index (χ4n) is 4.54. The summed E-state index contributed by atoms with van der Waals surface area (Å²) in [7, 11) is -2.38. The third-order valence-electron chi connectivity index (χ3n) is 6.68. The van der Waals surface area contributed by atoms with Gasteiger partial charge in [0.25, 0.3) is 15.9 Å². The molecule has 1 amide bonds.